The van der Waals surface area contributed by atoms with E-state index in [1.165, 1.54) is 226 Å². The van der Waals surface area contributed by atoms with E-state index in [1.807, 2.05) is 0 Å². The molecule has 2 aromatic carbocycles. The minimum atomic E-state index is 0.0838. The molecule has 0 aliphatic heterocycles. The molecule has 0 radical (unpaired) electrons. The maximum absolute atomic E-state index is 7.81. The van der Waals surface area contributed by atoms with Gasteiger partial charge >= 0.3 is 0 Å². The predicted octanol–water partition coefficient (Wildman–Crippen LogP) is 20.0. The summed E-state index contributed by atoms with van der Waals surface area (Å²) in [6.45, 7) is 9.26. The zero-order valence-electron chi connectivity index (χ0n) is 43.5. The van der Waals surface area contributed by atoms with Crippen LogP contribution in [0.25, 0.3) is 22.5 Å². The van der Waals surface area contributed by atoms with Crippen molar-refractivity contribution in [1.29, 1.82) is 0 Å². The molecule has 0 saturated heterocycles. The Morgan fingerprint density at radius 3 is 1.07 bits per heavy atom. The van der Waals surface area contributed by atoms with Crippen molar-refractivity contribution in [3.8, 4) is 22.5 Å². The zero-order chi connectivity index (χ0) is 46.7. The lowest BCUT2D eigenvalue weighted by Gasteiger charge is -2.40. The van der Waals surface area contributed by atoms with Gasteiger partial charge in [-0.05, 0) is 109 Å². The van der Waals surface area contributed by atoms with Gasteiger partial charge in [-0.25, -0.2) is 0 Å². The SMILES string of the molecule is CCCCCCCCCc1ccc(-c2ccc(C(OC(c3ccc(-c4ccc(CCCCCCCCC)cn4)cc3)[C@H]3CC[C@H](CCCCC)CC3)[C@H]3CC[C@H](CCCCC)CC3)cc2)nc1. The first-order valence-corrected chi connectivity index (χ1v) is 28.8. The Morgan fingerprint density at radius 1 is 0.388 bits per heavy atom. The number of hydrogen-bond acceptors (Lipinski definition) is 3. The molecule has 3 nitrogen and oxygen atoms in total. The van der Waals surface area contributed by atoms with Crippen molar-refractivity contribution in [2.75, 3.05) is 0 Å². The second kappa shape index (κ2) is 31.0. The summed E-state index contributed by atoms with van der Waals surface area (Å²) >= 11 is 0. The molecule has 2 saturated carbocycles. The van der Waals surface area contributed by atoms with E-state index in [-0.39, 0.29) is 12.2 Å². The molecule has 368 valence electrons. The van der Waals surface area contributed by atoms with Crippen molar-refractivity contribution in [3.63, 3.8) is 0 Å². The van der Waals surface area contributed by atoms with Gasteiger partial charge in [-0.3, -0.25) is 9.97 Å². The third-order valence-electron chi connectivity index (χ3n) is 16.2. The molecule has 4 aromatic rings. The van der Waals surface area contributed by atoms with Crippen LogP contribution < -0.4 is 0 Å². The lowest BCUT2D eigenvalue weighted by atomic mass is 9.74. The van der Waals surface area contributed by atoms with Gasteiger partial charge in [0.1, 0.15) is 0 Å². The number of pyridine rings is 2. The Labute approximate surface area is 411 Å². The average molecular weight is 909 g/mol. The summed E-state index contributed by atoms with van der Waals surface area (Å²) in [5.41, 5.74) is 10.00. The number of hydrogen-bond donors (Lipinski definition) is 0. The summed E-state index contributed by atoms with van der Waals surface area (Å²) in [6.07, 6.45) is 46.9. The predicted molar refractivity (Wildman–Crippen MR) is 288 cm³/mol. The summed E-state index contributed by atoms with van der Waals surface area (Å²) in [7, 11) is 0. The smallest absolute Gasteiger partial charge is 0.0861 e. The van der Waals surface area contributed by atoms with Gasteiger partial charge < -0.3 is 4.74 Å². The van der Waals surface area contributed by atoms with E-state index in [4.69, 9.17) is 14.7 Å². The number of benzene rings is 2. The van der Waals surface area contributed by atoms with Gasteiger partial charge in [-0.2, -0.15) is 0 Å². The number of nitrogens with zero attached hydrogens (tertiary/aromatic N) is 2. The van der Waals surface area contributed by atoms with E-state index in [0.29, 0.717) is 11.8 Å². The molecule has 3 heteroatoms. The Kier molecular flexibility index (Phi) is 24.6. The minimum Gasteiger partial charge on any atom is -0.365 e. The van der Waals surface area contributed by atoms with Crippen molar-refractivity contribution in [2.45, 2.75) is 245 Å². The highest BCUT2D eigenvalue weighted by atomic mass is 16.5. The highest BCUT2D eigenvalue weighted by Crippen LogP contribution is 2.47. The Hall–Kier alpha value is -3.30. The second-order valence-corrected chi connectivity index (χ2v) is 21.6. The molecule has 2 aliphatic rings. The van der Waals surface area contributed by atoms with Crippen molar-refractivity contribution in [1.82, 2.24) is 9.97 Å². The van der Waals surface area contributed by atoms with Crippen molar-refractivity contribution < 1.29 is 4.74 Å². The standard InChI is InChI=1S/C64H96N2O/c1-5-9-13-15-17-19-23-27-53-33-47-61(65-49-53)55-39-43-59(44-40-55)63(57-35-29-51(30-36-57)25-21-11-7-3)67-64(58-37-31-52(32-38-58)26-22-12-8-4)60-45-41-56(42-46-60)62-48-34-54(50-66-62)28-24-20-18-16-14-10-6-2/h33-34,39-52,57-58,63-64H,5-32,35-38H2,1-4H3/t51-,52-,57-,58-,63?,64?. The van der Waals surface area contributed by atoms with E-state index in [9.17, 15) is 0 Å². The van der Waals surface area contributed by atoms with Crippen molar-refractivity contribution >= 4 is 0 Å². The number of unbranched alkanes of at least 4 members (excludes halogenated alkanes) is 16. The topological polar surface area (TPSA) is 35.0 Å². The largest absolute Gasteiger partial charge is 0.365 e. The molecule has 0 N–H and O–H groups in total. The van der Waals surface area contributed by atoms with E-state index in [2.05, 4.69) is 113 Å². The summed E-state index contributed by atoms with van der Waals surface area (Å²) < 4.78 is 7.81. The maximum atomic E-state index is 7.81. The van der Waals surface area contributed by atoms with Crippen LogP contribution in [0.15, 0.2) is 85.2 Å². The monoisotopic (exact) mass is 909 g/mol. The third-order valence-corrected chi connectivity index (χ3v) is 16.2. The van der Waals surface area contributed by atoms with Gasteiger partial charge in [-0.15, -0.1) is 0 Å². The van der Waals surface area contributed by atoms with E-state index >= 15 is 0 Å². The normalized spacial score (nSPS) is 19.6. The molecule has 2 fully saturated rings. The molecular weight excluding hydrogens is 813 g/mol. The highest BCUT2D eigenvalue weighted by molar-refractivity contribution is 5.60. The van der Waals surface area contributed by atoms with Crippen molar-refractivity contribution in [3.05, 3.63) is 107 Å². The summed E-state index contributed by atoms with van der Waals surface area (Å²) in [5, 5.41) is 0. The number of aromatic nitrogens is 2. The van der Waals surface area contributed by atoms with Gasteiger partial charge in [0.2, 0.25) is 0 Å². The van der Waals surface area contributed by atoms with Gasteiger partial charge in [0, 0.05) is 23.5 Å². The fourth-order valence-electron chi connectivity index (χ4n) is 11.8. The van der Waals surface area contributed by atoms with Crippen LogP contribution in [0.5, 0.6) is 0 Å². The van der Waals surface area contributed by atoms with Gasteiger partial charge in [0.05, 0.1) is 23.6 Å². The maximum Gasteiger partial charge on any atom is 0.0861 e. The van der Waals surface area contributed by atoms with Crippen LogP contribution in [0.2, 0.25) is 0 Å². The molecule has 2 atom stereocenters. The molecular formula is C64H96N2O. The van der Waals surface area contributed by atoms with Crippen LogP contribution in [0, 0.1) is 23.7 Å². The lowest BCUT2D eigenvalue weighted by molar-refractivity contribution is -0.0907. The fraction of sp³-hybridized carbons (Fsp3) is 0.656. The van der Waals surface area contributed by atoms with Gasteiger partial charge in [-0.1, -0.05) is 242 Å². The summed E-state index contributed by atoms with van der Waals surface area (Å²) in [6, 6.07) is 28.0. The minimum absolute atomic E-state index is 0.0838. The molecule has 2 aliphatic carbocycles. The van der Waals surface area contributed by atoms with Crippen LogP contribution >= 0.6 is 0 Å². The van der Waals surface area contributed by atoms with Crippen LogP contribution in [0.4, 0.5) is 0 Å². The molecule has 0 bridgehead atoms. The summed E-state index contributed by atoms with van der Waals surface area (Å²) in [4.78, 5) is 9.99. The Bertz CT molecular complexity index is 1700. The van der Waals surface area contributed by atoms with Crippen LogP contribution in [0.1, 0.15) is 255 Å². The van der Waals surface area contributed by atoms with E-state index in [0.717, 1.165) is 36.1 Å². The Morgan fingerprint density at radius 2 is 0.731 bits per heavy atom. The first kappa shape index (κ1) is 53.1. The first-order valence-electron chi connectivity index (χ1n) is 28.8. The molecule has 0 spiro atoms. The van der Waals surface area contributed by atoms with Gasteiger partial charge in [0.15, 0.2) is 0 Å². The van der Waals surface area contributed by atoms with Crippen LogP contribution in [0.3, 0.4) is 0 Å². The number of rotatable bonds is 32. The molecule has 2 aromatic heterocycles. The van der Waals surface area contributed by atoms with Crippen LogP contribution in [-0.4, -0.2) is 9.97 Å². The van der Waals surface area contributed by atoms with Crippen molar-refractivity contribution in [2.24, 2.45) is 23.7 Å². The third kappa shape index (κ3) is 18.2. The molecule has 2 unspecified atom stereocenters. The van der Waals surface area contributed by atoms with Crippen LogP contribution in [-0.2, 0) is 17.6 Å². The zero-order valence-corrected chi connectivity index (χ0v) is 43.5. The molecule has 6 rings (SSSR count). The number of aryl methyl sites for hydroxylation is 2. The molecule has 0 amide bonds. The van der Waals surface area contributed by atoms with Gasteiger partial charge in [0.25, 0.3) is 0 Å². The number of ether oxygens (including phenoxy) is 1. The first-order chi connectivity index (χ1) is 33.1. The van der Waals surface area contributed by atoms with E-state index < -0.39 is 0 Å². The summed E-state index contributed by atoms with van der Waals surface area (Å²) in [5.74, 6) is 2.82. The quantitative estimate of drug-likeness (QED) is 0.0458. The highest BCUT2D eigenvalue weighted by Gasteiger charge is 2.36. The molecule has 67 heavy (non-hydrogen) atoms. The second-order valence-electron chi connectivity index (χ2n) is 21.6. The average Bonchev–Trinajstić information content (AvgIpc) is 3.37. The fourth-order valence-corrected chi connectivity index (χ4v) is 11.8. The molecule has 2 heterocycles. The lowest BCUT2D eigenvalue weighted by Crippen LogP contribution is -2.28. The Balaban J connectivity index is 1.18. The van der Waals surface area contributed by atoms with E-state index in [1.54, 1.807) is 0 Å².